The monoisotopic (exact) mass is 389 g/mol. The molecule has 9 heteroatoms. The molecule has 1 aliphatic rings. The molecule has 0 atom stereocenters. The second-order valence-electron chi connectivity index (χ2n) is 6.20. The Bertz CT molecular complexity index is 1150. The first-order valence-corrected chi connectivity index (χ1v) is 10.0. The summed E-state index contributed by atoms with van der Waals surface area (Å²) < 4.78 is 38.6. The Labute approximate surface area is 155 Å². The highest BCUT2D eigenvalue weighted by atomic mass is 32.2. The van der Waals surface area contributed by atoms with E-state index >= 15 is 0 Å². The zero-order chi connectivity index (χ0) is 19.0. The predicted molar refractivity (Wildman–Crippen MR) is 99.6 cm³/mol. The minimum atomic E-state index is -3.73. The van der Waals surface area contributed by atoms with Crippen LogP contribution in [0.5, 0.6) is 11.5 Å². The molecule has 2 N–H and O–H groups in total. The number of sulfonamides is 1. The number of imidazole rings is 1. The Balaban J connectivity index is 1.64. The summed E-state index contributed by atoms with van der Waals surface area (Å²) in [5.74, 6) is 1.29. The maximum Gasteiger partial charge on any atom is 0.323 e. The summed E-state index contributed by atoms with van der Waals surface area (Å²) in [4.78, 5) is 16.7. The number of H-pyrrole nitrogens is 2. The number of aromatic nitrogens is 2. The number of nitrogens with one attached hydrogen (secondary N) is 2. The van der Waals surface area contributed by atoms with Gasteiger partial charge in [-0.15, -0.1) is 0 Å². The van der Waals surface area contributed by atoms with E-state index < -0.39 is 10.0 Å². The van der Waals surface area contributed by atoms with Crippen molar-refractivity contribution in [3.63, 3.8) is 0 Å². The van der Waals surface area contributed by atoms with E-state index in [1.54, 1.807) is 25.1 Å². The number of nitrogens with zero attached hydrogens (tertiary/aromatic N) is 1. The van der Waals surface area contributed by atoms with E-state index in [0.717, 1.165) is 5.56 Å². The molecule has 0 unspecified atom stereocenters. The lowest BCUT2D eigenvalue weighted by atomic mass is 10.2. The zero-order valence-corrected chi connectivity index (χ0v) is 15.5. The SMILES string of the molecule is CCN(Cc1ccc2c(c1)OCCO2)S(=O)(=O)c1ccc2[nH]c(=O)[nH]c2c1. The smallest absolute Gasteiger partial charge is 0.323 e. The Morgan fingerprint density at radius 3 is 2.52 bits per heavy atom. The van der Waals surface area contributed by atoms with E-state index in [1.165, 1.54) is 16.4 Å². The summed E-state index contributed by atoms with van der Waals surface area (Å²) in [6, 6.07) is 9.97. The van der Waals surface area contributed by atoms with Crippen LogP contribution in [0.15, 0.2) is 46.1 Å². The normalized spacial score (nSPS) is 14.0. The van der Waals surface area contributed by atoms with Gasteiger partial charge >= 0.3 is 5.69 Å². The van der Waals surface area contributed by atoms with Gasteiger partial charge in [-0.05, 0) is 35.9 Å². The van der Waals surface area contributed by atoms with Crippen LogP contribution in [-0.4, -0.2) is 42.4 Å². The second kappa shape index (κ2) is 6.75. The van der Waals surface area contributed by atoms with Gasteiger partial charge in [-0.25, -0.2) is 13.2 Å². The molecule has 2 aromatic carbocycles. The molecular formula is C18H19N3O5S. The highest BCUT2D eigenvalue weighted by Crippen LogP contribution is 2.31. The molecule has 1 aliphatic heterocycles. The van der Waals surface area contributed by atoms with E-state index in [-0.39, 0.29) is 17.1 Å². The minimum Gasteiger partial charge on any atom is -0.486 e. The Morgan fingerprint density at radius 2 is 1.74 bits per heavy atom. The molecule has 0 amide bonds. The number of rotatable bonds is 5. The molecule has 0 saturated heterocycles. The van der Waals surface area contributed by atoms with Gasteiger partial charge in [-0.2, -0.15) is 4.31 Å². The molecule has 0 spiro atoms. The highest BCUT2D eigenvalue weighted by molar-refractivity contribution is 7.89. The van der Waals surface area contributed by atoms with Gasteiger partial charge in [0.15, 0.2) is 11.5 Å². The molecule has 0 fully saturated rings. The first-order valence-electron chi connectivity index (χ1n) is 8.58. The van der Waals surface area contributed by atoms with E-state index in [2.05, 4.69) is 9.97 Å². The van der Waals surface area contributed by atoms with Crippen LogP contribution in [0.1, 0.15) is 12.5 Å². The van der Waals surface area contributed by atoms with Crippen LogP contribution in [0, 0.1) is 0 Å². The number of hydrogen-bond acceptors (Lipinski definition) is 5. The molecule has 0 radical (unpaired) electrons. The summed E-state index contributed by atoms with van der Waals surface area (Å²) in [5.41, 5.74) is 1.45. The Morgan fingerprint density at radius 1 is 1.00 bits per heavy atom. The van der Waals surface area contributed by atoms with Gasteiger partial charge in [-0.3, -0.25) is 0 Å². The fourth-order valence-corrected chi connectivity index (χ4v) is 4.54. The molecular weight excluding hydrogens is 370 g/mol. The molecule has 2 heterocycles. The largest absolute Gasteiger partial charge is 0.486 e. The van der Waals surface area contributed by atoms with Gasteiger partial charge in [0.05, 0.1) is 15.9 Å². The molecule has 142 valence electrons. The molecule has 4 rings (SSSR count). The minimum absolute atomic E-state index is 0.129. The van der Waals surface area contributed by atoms with Crippen molar-refractivity contribution < 1.29 is 17.9 Å². The van der Waals surface area contributed by atoms with Crippen LogP contribution >= 0.6 is 0 Å². The first-order chi connectivity index (χ1) is 13.0. The summed E-state index contributed by atoms with van der Waals surface area (Å²) in [5, 5.41) is 0. The summed E-state index contributed by atoms with van der Waals surface area (Å²) in [6.45, 7) is 3.27. The Kier molecular flexibility index (Phi) is 4.40. The van der Waals surface area contributed by atoms with Gasteiger partial charge in [0.2, 0.25) is 10.0 Å². The molecule has 3 aromatic rings. The summed E-state index contributed by atoms with van der Waals surface area (Å²) >= 11 is 0. The molecule has 0 aliphatic carbocycles. The average molecular weight is 389 g/mol. The highest BCUT2D eigenvalue weighted by Gasteiger charge is 2.24. The van der Waals surface area contributed by atoms with Crippen molar-refractivity contribution in [3.8, 4) is 11.5 Å². The van der Waals surface area contributed by atoms with E-state index in [4.69, 9.17) is 9.47 Å². The van der Waals surface area contributed by atoms with Crippen molar-refractivity contribution in [2.45, 2.75) is 18.4 Å². The number of aromatic amines is 2. The van der Waals surface area contributed by atoms with Gasteiger partial charge in [0.25, 0.3) is 0 Å². The average Bonchev–Trinajstić information content (AvgIpc) is 3.05. The third kappa shape index (κ3) is 3.31. The van der Waals surface area contributed by atoms with Crippen LogP contribution in [0.25, 0.3) is 11.0 Å². The standard InChI is InChI=1S/C18H19N3O5S/c1-2-21(11-12-3-6-16-17(9-12)26-8-7-25-16)27(23,24)13-4-5-14-15(10-13)20-18(22)19-14/h3-6,9-10H,2,7-8,11H2,1H3,(H2,19,20,22). The van der Waals surface area contributed by atoms with Crippen molar-refractivity contribution >= 4 is 21.1 Å². The number of hydrogen-bond donors (Lipinski definition) is 2. The lowest BCUT2D eigenvalue weighted by Gasteiger charge is -2.23. The summed E-state index contributed by atoms with van der Waals surface area (Å²) in [7, 11) is -3.73. The second-order valence-corrected chi connectivity index (χ2v) is 8.13. The molecule has 0 bridgehead atoms. The van der Waals surface area contributed by atoms with Crippen molar-refractivity contribution in [1.29, 1.82) is 0 Å². The number of fused-ring (bicyclic) bond motifs is 2. The van der Waals surface area contributed by atoms with Gasteiger partial charge < -0.3 is 19.4 Å². The molecule has 0 saturated carbocycles. The van der Waals surface area contributed by atoms with E-state index in [9.17, 15) is 13.2 Å². The van der Waals surface area contributed by atoms with Crippen molar-refractivity contribution in [2.75, 3.05) is 19.8 Å². The lowest BCUT2D eigenvalue weighted by molar-refractivity contribution is 0.171. The van der Waals surface area contributed by atoms with E-state index in [1.807, 2.05) is 6.07 Å². The van der Waals surface area contributed by atoms with Crippen molar-refractivity contribution in [2.24, 2.45) is 0 Å². The fraction of sp³-hybridized carbons (Fsp3) is 0.278. The number of ether oxygens (including phenoxy) is 2. The van der Waals surface area contributed by atoms with Crippen LogP contribution in [0.2, 0.25) is 0 Å². The van der Waals surface area contributed by atoms with Crippen LogP contribution in [0.3, 0.4) is 0 Å². The van der Waals surface area contributed by atoms with Gasteiger partial charge in [0, 0.05) is 13.1 Å². The molecule has 8 nitrogen and oxygen atoms in total. The summed E-state index contributed by atoms with van der Waals surface area (Å²) in [6.07, 6.45) is 0. The Hall–Kier alpha value is -2.78. The maximum atomic E-state index is 13.1. The van der Waals surface area contributed by atoms with Crippen LogP contribution < -0.4 is 15.2 Å². The van der Waals surface area contributed by atoms with Crippen LogP contribution in [-0.2, 0) is 16.6 Å². The molecule has 27 heavy (non-hydrogen) atoms. The molecule has 1 aromatic heterocycles. The maximum absolute atomic E-state index is 13.1. The fourth-order valence-electron chi connectivity index (χ4n) is 3.08. The first kappa shape index (κ1) is 17.6. The predicted octanol–water partition coefficient (Wildman–Crippen LogP) is 1.84. The van der Waals surface area contributed by atoms with Crippen molar-refractivity contribution in [1.82, 2.24) is 14.3 Å². The lowest BCUT2D eigenvalue weighted by Crippen LogP contribution is -2.30. The van der Waals surface area contributed by atoms with Crippen LogP contribution in [0.4, 0.5) is 0 Å². The van der Waals surface area contributed by atoms with Gasteiger partial charge in [-0.1, -0.05) is 13.0 Å². The van der Waals surface area contributed by atoms with E-state index in [0.29, 0.717) is 42.3 Å². The number of benzene rings is 2. The third-order valence-corrected chi connectivity index (χ3v) is 6.36. The zero-order valence-electron chi connectivity index (χ0n) is 14.7. The van der Waals surface area contributed by atoms with Crippen molar-refractivity contribution in [3.05, 3.63) is 52.4 Å². The topological polar surface area (TPSA) is 104 Å². The van der Waals surface area contributed by atoms with Gasteiger partial charge in [0.1, 0.15) is 13.2 Å². The third-order valence-electron chi connectivity index (χ3n) is 4.44. The quantitative estimate of drug-likeness (QED) is 0.693.